The number of likely N-dealkylation sites (N-methyl/N-ethyl adjacent to an activating group) is 1. The largest absolute Gasteiger partial charge is 0.378 e. The fourth-order valence-corrected chi connectivity index (χ4v) is 3.44. The fourth-order valence-electron chi connectivity index (χ4n) is 3.25. The van der Waals surface area contributed by atoms with E-state index < -0.39 is 11.5 Å². The average Bonchev–Trinajstić information content (AvgIpc) is 2.92. The standard InChI is InChI=1S/C20H21ClN2O3/c1-20(26,13-23-12-14-7-3-5-9-16(14)18(23)24)19(25)22(2)11-15-8-4-6-10-17(15)21/h3-10,26H,11-13H2,1-2H3/t20-/m1/s1. The Bertz CT molecular complexity index is 850. The van der Waals surface area contributed by atoms with Crippen molar-refractivity contribution in [3.8, 4) is 0 Å². The molecule has 0 unspecified atom stereocenters. The van der Waals surface area contributed by atoms with Crippen LogP contribution in [0.25, 0.3) is 0 Å². The molecule has 0 spiro atoms. The van der Waals surface area contributed by atoms with Crippen molar-refractivity contribution >= 4 is 23.4 Å². The Labute approximate surface area is 157 Å². The first kappa shape index (κ1) is 18.4. The van der Waals surface area contributed by atoms with E-state index in [4.69, 9.17) is 11.6 Å². The minimum absolute atomic E-state index is 0.0633. The maximum atomic E-state index is 12.7. The summed E-state index contributed by atoms with van der Waals surface area (Å²) < 4.78 is 0. The highest BCUT2D eigenvalue weighted by atomic mass is 35.5. The molecule has 0 fully saturated rings. The van der Waals surface area contributed by atoms with Gasteiger partial charge in [0.1, 0.15) is 0 Å². The highest BCUT2D eigenvalue weighted by Crippen LogP contribution is 2.25. The van der Waals surface area contributed by atoms with Crippen LogP contribution in [-0.2, 0) is 17.9 Å². The van der Waals surface area contributed by atoms with E-state index in [9.17, 15) is 14.7 Å². The molecule has 5 nitrogen and oxygen atoms in total. The molecule has 2 aromatic carbocycles. The molecule has 2 aromatic rings. The number of hydrogen-bond donors (Lipinski definition) is 1. The van der Waals surface area contributed by atoms with Crippen LogP contribution in [0.4, 0.5) is 0 Å². The number of fused-ring (bicyclic) bond motifs is 1. The minimum Gasteiger partial charge on any atom is -0.378 e. The summed E-state index contributed by atoms with van der Waals surface area (Å²) in [7, 11) is 1.61. The topological polar surface area (TPSA) is 60.9 Å². The molecule has 3 rings (SSSR count). The quantitative estimate of drug-likeness (QED) is 0.877. The third-order valence-corrected chi connectivity index (χ3v) is 4.94. The molecule has 136 valence electrons. The number of hydrogen-bond acceptors (Lipinski definition) is 3. The van der Waals surface area contributed by atoms with Gasteiger partial charge in [-0.1, -0.05) is 48.0 Å². The Morgan fingerprint density at radius 2 is 1.88 bits per heavy atom. The van der Waals surface area contributed by atoms with Crippen LogP contribution in [0, 0.1) is 0 Å². The van der Waals surface area contributed by atoms with E-state index >= 15 is 0 Å². The number of nitrogens with zero attached hydrogens (tertiary/aromatic N) is 2. The molecule has 0 saturated heterocycles. The number of benzene rings is 2. The summed E-state index contributed by atoms with van der Waals surface area (Å²) in [5.74, 6) is -0.622. The van der Waals surface area contributed by atoms with Crippen molar-refractivity contribution < 1.29 is 14.7 Å². The Morgan fingerprint density at radius 3 is 2.58 bits per heavy atom. The molecule has 2 amide bonds. The first-order valence-corrected chi connectivity index (χ1v) is 8.76. The van der Waals surface area contributed by atoms with Gasteiger partial charge < -0.3 is 14.9 Å². The van der Waals surface area contributed by atoms with Crippen LogP contribution in [0.2, 0.25) is 5.02 Å². The fraction of sp³-hybridized carbons (Fsp3) is 0.300. The summed E-state index contributed by atoms with van der Waals surface area (Å²) in [6.45, 7) is 2.05. The van der Waals surface area contributed by atoms with Crippen molar-refractivity contribution in [3.63, 3.8) is 0 Å². The first-order valence-electron chi connectivity index (χ1n) is 8.38. The maximum Gasteiger partial charge on any atom is 0.256 e. The minimum atomic E-state index is -1.69. The monoisotopic (exact) mass is 372 g/mol. The van der Waals surface area contributed by atoms with Crippen LogP contribution in [0.1, 0.15) is 28.4 Å². The van der Waals surface area contributed by atoms with E-state index in [0.29, 0.717) is 17.1 Å². The van der Waals surface area contributed by atoms with Gasteiger partial charge in [0.2, 0.25) is 0 Å². The zero-order chi connectivity index (χ0) is 18.9. The second-order valence-electron chi connectivity index (χ2n) is 6.84. The number of aliphatic hydroxyl groups is 1. The summed E-state index contributed by atoms with van der Waals surface area (Å²) in [6.07, 6.45) is 0. The second kappa shape index (κ2) is 7.09. The Morgan fingerprint density at radius 1 is 1.23 bits per heavy atom. The normalized spacial score (nSPS) is 15.5. The van der Waals surface area contributed by atoms with Crippen molar-refractivity contribution in [1.82, 2.24) is 9.80 Å². The number of rotatable bonds is 5. The molecule has 1 N–H and O–H groups in total. The molecule has 0 bridgehead atoms. The highest BCUT2D eigenvalue weighted by Gasteiger charge is 2.39. The van der Waals surface area contributed by atoms with Gasteiger partial charge in [-0.2, -0.15) is 0 Å². The lowest BCUT2D eigenvalue weighted by Gasteiger charge is -2.31. The molecule has 26 heavy (non-hydrogen) atoms. The van der Waals surface area contributed by atoms with E-state index in [2.05, 4.69) is 0 Å². The SMILES string of the molecule is CN(Cc1ccccc1Cl)C(=O)[C@](C)(O)CN1Cc2ccccc2C1=O. The predicted molar refractivity (Wildman–Crippen MR) is 99.7 cm³/mol. The number of β-amino-alcohol motifs (C(OH)–C–C–N with tert-alkyl or cyclic N) is 1. The van der Waals surface area contributed by atoms with Crippen LogP contribution in [0.15, 0.2) is 48.5 Å². The van der Waals surface area contributed by atoms with Gasteiger partial charge in [0.05, 0.1) is 6.54 Å². The lowest BCUT2D eigenvalue weighted by atomic mass is 10.0. The molecule has 1 aliphatic heterocycles. The summed E-state index contributed by atoms with van der Waals surface area (Å²) in [6, 6.07) is 14.6. The van der Waals surface area contributed by atoms with E-state index in [0.717, 1.165) is 11.1 Å². The zero-order valence-electron chi connectivity index (χ0n) is 14.8. The second-order valence-corrected chi connectivity index (χ2v) is 7.25. The van der Waals surface area contributed by atoms with Gasteiger partial charge in [0.25, 0.3) is 11.8 Å². The molecule has 1 aliphatic rings. The van der Waals surface area contributed by atoms with Gasteiger partial charge in [-0.3, -0.25) is 9.59 Å². The molecule has 1 atom stereocenters. The third kappa shape index (κ3) is 3.59. The molecule has 0 saturated carbocycles. The summed E-state index contributed by atoms with van der Waals surface area (Å²) in [5.41, 5.74) is 0.643. The Hall–Kier alpha value is -2.37. The molecule has 1 heterocycles. The lowest BCUT2D eigenvalue weighted by Crippen LogP contribution is -2.52. The van der Waals surface area contributed by atoms with Crippen molar-refractivity contribution in [2.24, 2.45) is 0 Å². The van der Waals surface area contributed by atoms with E-state index in [-0.39, 0.29) is 19.0 Å². The number of halogens is 1. The van der Waals surface area contributed by atoms with E-state index in [1.54, 1.807) is 25.2 Å². The lowest BCUT2D eigenvalue weighted by molar-refractivity contribution is -0.150. The van der Waals surface area contributed by atoms with Crippen LogP contribution >= 0.6 is 11.6 Å². The first-order chi connectivity index (χ1) is 12.3. The third-order valence-electron chi connectivity index (χ3n) is 4.57. The summed E-state index contributed by atoms with van der Waals surface area (Å²) >= 11 is 6.14. The molecular weight excluding hydrogens is 352 g/mol. The van der Waals surface area contributed by atoms with Crippen LogP contribution in [0.3, 0.4) is 0 Å². The van der Waals surface area contributed by atoms with Gasteiger partial charge in [0, 0.05) is 30.7 Å². The number of carbonyl (C=O) groups excluding carboxylic acids is 2. The van der Waals surface area contributed by atoms with Crippen LogP contribution in [-0.4, -0.2) is 45.9 Å². The molecule has 0 aliphatic carbocycles. The molecular formula is C20H21ClN2O3. The maximum absolute atomic E-state index is 12.7. The zero-order valence-corrected chi connectivity index (χ0v) is 15.5. The van der Waals surface area contributed by atoms with Gasteiger partial charge in [-0.25, -0.2) is 0 Å². The number of carbonyl (C=O) groups is 2. The van der Waals surface area contributed by atoms with E-state index in [1.165, 1.54) is 16.7 Å². The molecule has 0 radical (unpaired) electrons. The van der Waals surface area contributed by atoms with Gasteiger partial charge in [0.15, 0.2) is 5.60 Å². The average molecular weight is 373 g/mol. The van der Waals surface area contributed by atoms with Crippen molar-refractivity contribution in [2.45, 2.75) is 25.6 Å². The van der Waals surface area contributed by atoms with Crippen LogP contribution < -0.4 is 0 Å². The molecule has 0 aromatic heterocycles. The predicted octanol–water partition coefficient (Wildman–Crippen LogP) is 2.71. The Balaban J connectivity index is 1.69. The van der Waals surface area contributed by atoms with E-state index in [1.807, 2.05) is 30.3 Å². The van der Waals surface area contributed by atoms with Crippen molar-refractivity contribution in [3.05, 3.63) is 70.2 Å². The van der Waals surface area contributed by atoms with Gasteiger partial charge in [-0.05, 0) is 30.2 Å². The molecule has 6 heteroatoms. The van der Waals surface area contributed by atoms with Gasteiger partial charge in [-0.15, -0.1) is 0 Å². The Kier molecular flexibility index (Phi) is 5.03. The smallest absolute Gasteiger partial charge is 0.256 e. The van der Waals surface area contributed by atoms with Crippen LogP contribution in [0.5, 0.6) is 0 Å². The van der Waals surface area contributed by atoms with Crippen molar-refractivity contribution in [2.75, 3.05) is 13.6 Å². The summed E-state index contributed by atoms with van der Waals surface area (Å²) in [5, 5.41) is 11.3. The van der Waals surface area contributed by atoms with Crippen molar-refractivity contribution in [1.29, 1.82) is 0 Å². The summed E-state index contributed by atoms with van der Waals surface area (Å²) in [4.78, 5) is 28.1. The van der Waals surface area contributed by atoms with Gasteiger partial charge >= 0.3 is 0 Å². The number of amides is 2. The highest BCUT2D eigenvalue weighted by molar-refractivity contribution is 6.31.